The van der Waals surface area contributed by atoms with Crippen LogP contribution in [0.5, 0.6) is 5.75 Å². The van der Waals surface area contributed by atoms with Crippen molar-refractivity contribution in [2.75, 3.05) is 18.6 Å². The number of hydrogen-bond acceptors (Lipinski definition) is 5. The molecule has 3 rings (SSSR count). The van der Waals surface area contributed by atoms with Crippen molar-refractivity contribution in [1.82, 2.24) is 0 Å². The van der Waals surface area contributed by atoms with Gasteiger partial charge in [-0.05, 0) is 43.3 Å². The molecule has 2 aromatic rings. The Morgan fingerprint density at radius 3 is 2.31 bits per heavy atom. The van der Waals surface area contributed by atoms with Crippen LogP contribution >= 0.6 is 0 Å². The molecule has 1 amide bonds. The Morgan fingerprint density at radius 2 is 1.69 bits per heavy atom. The zero-order valence-corrected chi connectivity index (χ0v) is 14.6. The molecule has 1 atom stereocenters. The Kier molecular flexibility index (Phi) is 5.02. The predicted molar refractivity (Wildman–Crippen MR) is 95.1 cm³/mol. The van der Waals surface area contributed by atoms with Gasteiger partial charge in [0.05, 0.1) is 18.6 Å². The van der Waals surface area contributed by atoms with E-state index >= 15 is 0 Å². The van der Waals surface area contributed by atoms with Crippen molar-refractivity contribution in [1.29, 1.82) is 0 Å². The quantitative estimate of drug-likeness (QED) is 0.624. The molecule has 26 heavy (non-hydrogen) atoms. The van der Waals surface area contributed by atoms with Crippen molar-refractivity contribution in [3.8, 4) is 5.75 Å². The van der Waals surface area contributed by atoms with Crippen molar-refractivity contribution in [3.63, 3.8) is 0 Å². The van der Waals surface area contributed by atoms with Crippen molar-refractivity contribution < 1.29 is 23.9 Å². The van der Waals surface area contributed by atoms with Crippen LogP contribution in [0.2, 0.25) is 0 Å². The minimum absolute atomic E-state index is 0.100. The molecule has 0 aliphatic carbocycles. The zero-order valence-electron chi connectivity index (χ0n) is 14.6. The number of benzene rings is 2. The summed E-state index contributed by atoms with van der Waals surface area (Å²) in [5, 5.41) is 0. The average molecular weight is 353 g/mol. The Bertz CT molecular complexity index is 826. The first kappa shape index (κ1) is 17.7. The molecule has 6 heteroatoms. The van der Waals surface area contributed by atoms with E-state index in [4.69, 9.17) is 4.74 Å². The average Bonchev–Trinajstić information content (AvgIpc) is 3.04. The smallest absolute Gasteiger partial charge is 0.337 e. The van der Waals surface area contributed by atoms with Gasteiger partial charge in [0.15, 0.2) is 0 Å². The highest BCUT2D eigenvalue weighted by Gasteiger charge is 2.36. The van der Waals surface area contributed by atoms with Gasteiger partial charge in [-0.1, -0.05) is 17.7 Å². The molecule has 1 unspecified atom stereocenters. The van der Waals surface area contributed by atoms with Crippen molar-refractivity contribution >= 4 is 23.5 Å². The lowest BCUT2D eigenvalue weighted by molar-refractivity contribution is -0.139. The van der Waals surface area contributed by atoms with Crippen LogP contribution in [0, 0.1) is 12.8 Å². The van der Waals surface area contributed by atoms with E-state index in [1.165, 1.54) is 31.4 Å². The van der Waals surface area contributed by atoms with Gasteiger partial charge in [0.25, 0.3) is 0 Å². The Morgan fingerprint density at radius 1 is 1.04 bits per heavy atom. The molecule has 2 aromatic carbocycles. The number of hydrogen-bond donors (Lipinski definition) is 0. The highest BCUT2D eigenvalue weighted by molar-refractivity contribution is 5.99. The van der Waals surface area contributed by atoms with Gasteiger partial charge in [-0.2, -0.15) is 0 Å². The molecule has 0 bridgehead atoms. The topological polar surface area (TPSA) is 72.9 Å². The molecule has 1 fully saturated rings. The van der Waals surface area contributed by atoms with Crippen molar-refractivity contribution in [3.05, 3.63) is 59.7 Å². The maximum Gasteiger partial charge on any atom is 0.337 e. The van der Waals surface area contributed by atoms with Crippen LogP contribution in [0.15, 0.2) is 48.5 Å². The van der Waals surface area contributed by atoms with Gasteiger partial charge in [0.2, 0.25) is 5.91 Å². The third-order valence-corrected chi connectivity index (χ3v) is 4.30. The summed E-state index contributed by atoms with van der Waals surface area (Å²) >= 11 is 0. The second kappa shape index (κ2) is 7.39. The molecule has 0 spiro atoms. The minimum Gasteiger partial charge on any atom is -0.465 e. The van der Waals surface area contributed by atoms with E-state index in [-0.39, 0.29) is 12.3 Å². The fraction of sp³-hybridized carbons (Fsp3) is 0.250. The Balaban J connectivity index is 1.64. The van der Waals surface area contributed by atoms with Gasteiger partial charge in [-0.3, -0.25) is 9.59 Å². The maximum atomic E-state index is 12.4. The summed E-state index contributed by atoms with van der Waals surface area (Å²) in [7, 11) is 1.30. The van der Waals surface area contributed by atoms with E-state index in [1.807, 2.05) is 31.2 Å². The van der Waals surface area contributed by atoms with E-state index in [2.05, 4.69) is 4.74 Å². The summed E-state index contributed by atoms with van der Waals surface area (Å²) in [4.78, 5) is 37.6. The van der Waals surface area contributed by atoms with Crippen LogP contribution in [0.3, 0.4) is 0 Å². The first-order chi connectivity index (χ1) is 12.5. The molecule has 0 N–H and O–H groups in total. The Hall–Kier alpha value is -3.15. The molecule has 134 valence electrons. The van der Waals surface area contributed by atoms with Gasteiger partial charge in [0, 0.05) is 18.7 Å². The molecule has 1 aliphatic heterocycles. The Labute approximate surface area is 151 Å². The minimum atomic E-state index is -0.524. The van der Waals surface area contributed by atoms with Crippen molar-refractivity contribution in [2.45, 2.75) is 13.3 Å². The number of nitrogens with zero attached hydrogens (tertiary/aromatic N) is 1. The molecule has 1 saturated heterocycles. The largest absolute Gasteiger partial charge is 0.465 e. The number of methoxy groups -OCH3 is 1. The van der Waals surface area contributed by atoms with Crippen LogP contribution < -0.4 is 9.64 Å². The summed E-state index contributed by atoms with van der Waals surface area (Å²) in [6.07, 6.45) is 0.118. The van der Waals surface area contributed by atoms with Crippen LogP contribution in [0.25, 0.3) is 0 Å². The SMILES string of the molecule is COC(=O)c1ccc(OC(=O)C2CC(=O)N(c3ccc(C)cc3)C2)cc1. The molecular formula is C20H19NO5. The molecule has 6 nitrogen and oxygen atoms in total. The summed E-state index contributed by atoms with van der Waals surface area (Å²) in [6.45, 7) is 2.27. The third kappa shape index (κ3) is 3.74. The van der Waals surface area contributed by atoms with Crippen LogP contribution in [0.4, 0.5) is 5.69 Å². The monoisotopic (exact) mass is 353 g/mol. The fourth-order valence-corrected chi connectivity index (χ4v) is 2.82. The fourth-order valence-electron chi connectivity index (χ4n) is 2.82. The second-order valence-corrected chi connectivity index (χ2v) is 6.18. The van der Waals surface area contributed by atoms with Gasteiger partial charge in [0.1, 0.15) is 5.75 Å². The number of amides is 1. The molecule has 1 heterocycles. The number of carbonyl (C=O) groups is 3. The third-order valence-electron chi connectivity index (χ3n) is 4.30. The zero-order chi connectivity index (χ0) is 18.7. The standard InChI is InChI=1S/C20H19NO5/c1-13-3-7-16(8-4-13)21-12-15(11-18(21)22)20(24)26-17-9-5-14(6-10-17)19(23)25-2/h3-10,15H,11-12H2,1-2H3. The number of ether oxygens (including phenoxy) is 2. The summed E-state index contributed by atoms with van der Waals surface area (Å²) in [5.41, 5.74) is 2.25. The molecule has 0 saturated carbocycles. The number of rotatable bonds is 4. The van der Waals surface area contributed by atoms with Gasteiger partial charge in [-0.25, -0.2) is 4.79 Å². The first-order valence-corrected chi connectivity index (χ1v) is 8.25. The molecule has 1 aliphatic rings. The lowest BCUT2D eigenvalue weighted by Crippen LogP contribution is -2.27. The van der Waals surface area contributed by atoms with E-state index < -0.39 is 17.9 Å². The second-order valence-electron chi connectivity index (χ2n) is 6.18. The molecule has 0 radical (unpaired) electrons. The lowest BCUT2D eigenvalue weighted by atomic mass is 10.1. The summed E-state index contributed by atoms with van der Waals surface area (Å²) in [5.74, 6) is -1.22. The van der Waals surface area contributed by atoms with E-state index in [9.17, 15) is 14.4 Å². The first-order valence-electron chi connectivity index (χ1n) is 8.25. The van der Waals surface area contributed by atoms with E-state index in [0.29, 0.717) is 17.9 Å². The van der Waals surface area contributed by atoms with Gasteiger partial charge >= 0.3 is 11.9 Å². The van der Waals surface area contributed by atoms with Gasteiger partial charge < -0.3 is 14.4 Å². The van der Waals surface area contributed by atoms with Crippen LogP contribution in [-0.2, 0) is 14.3 Å². The van der Waals surface area contributed by atoms with Crippen LogP contribution in [0.1, 0.15) is 22.3 Å². The number of esters is 2. The van der Waals surface area contributed by atoms with Crippen molar-refractivity contribution in [2.24, 2.45) is 5.92 Å². The van der Waals surface area contributed by atoms with E-state index in [1.54, 1.807) is 4.90 Å². The van der Waals surface area contributed by atoms with Gasteiger partial charge in [-0.15, -0.1) is 0 Å². The summed E-state index contributed by atoms with van der Waals surface area (Å²) in [6, 6.07) is 13.7. The highest BCUT2D eigenvalue weighted by Crippen LogP contribution is 2.26. The lowest BCUT2D eigenvalue weighted by Gasteiger charge is -2.16. The van der Waals surface area contributed by atoms with Crippen LogP contribution in [-0.4, -0.2) is 31.5 Å². The number of carbonyl (C=O) groups excluding carboxylic acids is 3. The molecule has 0 aromatic heterocycles. The molecular weight excluding hydrogens is 334 g/mol. The normalized spacial score (nSPS) is 16.5. The highest BCUT2D eigenvalue weighted by atomic mass is 16.5. The maximum absolute atomic E-state index is 12.4. The summed E-state index contributed by atoms with van der Waals surface area (Å²) < 4.78 is 9.97. The predicted octanol–water partition coefficient (Wildman–Crippen LogP) is 2.74. The number of anilines is 1. The van der Waals surface area contributed by atoms with E-state index in [0.717, 1.165) is 11.3 Å². The number of aryl methyl sites for hydroxylation is 1.